The summed E-state index contributed by atoms with van der Waals surface area (Å²) in [5, 5.41) is 8.63. The quantitative estimate of drug-likeness (QED) is 0.665. The number of para-hydroxylation sites is 1. The van der Waals surface area contributed by atoms with Crippen molar-refractivity contribution < 1.29 is 5.11 Å². The van der Waals surface area contributed by atoms with E-state index in [-0.39, 0.29) is 23.1 Å². The van der Waals surface area contributed by atoms with Crippen LogP contribution < -0.4 is 0 Å². The average Bonchev–Trinajstić information content (AvgIpc) is 2.21. The highest BCUT2D eigenvalue weighted by atomic mass is 24.3. The van der Waals surface area contributed by atoms with Crippen molar-refractivity contribution in [2.24, 2.45) is 0 Å². The van der Waals surface area contributed by atoms with Gasteiger partial charge in [-0.1, -0.05) is 54.1 Å². The van der Waals surface area contributed by atoms with Crippen LogP contribution >= 0.6 is 0 Å². The number of aryl methyl sites for hydroxylation is 1. The molecule has 76 valence electrons. The topological polar surface area (TPSA) is 20.2 Å². The van der Waals surface area contributed by atoms with Gasteiger partial charge < -0.3 is 5.11 Å². The summed E-state index contributed by atoms with van der Waals surface area (Å²) < 4.78 is 0. The molecule has 0 heterocycles. The Hall–Kier alpha value is -0.994. The van der Waals surface area contributed by atoms with Gasteiger partial charge in [0.15, 0.2) is 0 Å². The molecule has 0 saturated heterocycles. The molecule has 0 aliphatic carbocycles. The molecule has 0 saturated carbocycles. The van der Waals surface area contributed by atoms with E-state index < -0.39 is 0 Å². The molecule has 2 aromatic rings. The fourth-order valence-electron chi connectivity index (χ4n) is 0.962. The lowest BCUT2D eigenvalue weighted by Gasteiger charge is -1.82. The Morgan fingerprint density at radius 2 is 1.13 bits per heavy atom. The normalized spacial score (nSPS) is 8.07. The molecule has 0 fully saturated rings. The van der Waals surface area contributed by atoms with Gasteiger partial charge in [0.2, 0.25) is 0 Å². The SMILES string of the molecule is Cc1ccccc1.Oc1ccccc1.[MgH2]. The van der Waals surface area contributed by atoms with Crippen molar-refractivity contribution in [2.45, 2.75) is 6.92 Å². The number of aromatic hydroxyl groups is 1. The molecule has 1 nitrogen and oxygen atoms in total. The summed E-state index contributed by atoms with van der Waals surface area (Å²) in [6, 6.07) is 19.0. The highest BCUT2D eigenvalue weighted by molar-refractivity contribution is 5.75. The molecule has 0 amide bonds. The Balaban J connectivity index is 0.000000245. The van der Waals surface area contributed by atoms with Gasteiger partial charge >= 0.3 is 23.1 Å². The maximum absolute atomic E-state index is 8.63. The summed E-state index contributed by atoms with van der Waals surface area (Å²) in [7, 11) is 0. The van der Waals surface area contributed by atoms with E-state index in [1.807, 2.05) is 24.3 Å². The molecular weight excluding hydrogens is 196 g/mol. The maximum atomic E-state index is 8.63. The second-order valence-corrected chi connectivity index (χ2v) is 2.99. The number of benzene rings is 2. The first-order valence-corrected chi connectivity index (χ1v) is 4.54. The lowest BCUT2D eigenvalue weighted by atomic mass is 10.2. The van der Waals surface area contributed by atoms with Gasteiger partial charge in [0.25, 0.3) is 0 Å². The third kappa shape index (κ3) is 7.00. The lowest BCUT2D eigenvalue weighted by Crippen LogP contribution is -1.62. The number of phenols is 1. The fourth-order valence-corrected chi connectivity index (χ4v) is 0.962. The predicted octanol–water partition coefficient (Wildman–Crippen LogP) is 2.47. The van der Waals surface area contributed by atoms with Crippen molar-refractivity contribution in [1.29, 1.82) is 0 Å². The first-order valence-electron chi connectivity index (χ1n) is 4.54. The minimum atomic E-state index is 0. The summed E-state index contributed by atoms with van der Waals surface area (Å²) in [6.07, 6.45) is 0. The Morgan fingerprint density at radius 1 is 0.733 bits per heavy atom. The molecule has 2 aromatic carbocycles. The number of rotatable bonds is 0. The first kappa shape index (κ1) is 14.0. The molecule has 0 aromatic heterocycles. The van der Waals surface area contributed by atoms with Crippen LogP contribution in [0.5, 0.6) is 5.75 Å². The van der Waals surface area contributed by atoms with Gasteiger partial charge in [0.05, 0.1) is 0 Å². The Labute approximate surface area is 107 Å². The highest BCUT2D eigenvalue weighted by Crippen LogP contribution is 2.02. The summed E-state index contributed by atoms with van der Waals surface area (Å²) >= 11 is 0. The van der Waals surface area contributed by atoms with Crippen LogP contribution in [-0.2, 0) is 0 Å². The number of phenolic OH excluding ortho intramolecular Hbond substituents is 1. The molecule has 15 heavy (non-hydrogen) atoms. The second-order valence-electron chi connectivity index (χ2n) is 2.99. The van der Waals surface area contributed by atoms with E-state index in [9.17, 15) is 0 Å². The molecular formula is C13H16MgO. The van der Waals surface area contributed by atoms with Crippen LogP contribution in [0.1, 0.15) is 5.56 Å². The molecule has 2 rings (SSSR count). The van der Waals surface area contributed by atoms with Crippen molar-refractivity contribution in [3.63, 3.8) is 0 Å². The van der Waals surface area contributed by atoms with Gasteiger partial charge in [-0.2, -0.15) is 0 Å². The van der Waals surface area contributed by atoms with E-state index >= 15 is 0 Å². The molecule has 0 radical (unpaired) electrons. The molecule has 1 N–H and O–H groups in total. The zero-order chi connectivity index (χ0) is 10.2. The van der Waals surface area contributed by atoms with E-state index in [1.165, 1.54) is 5.56 Å². The summed E-state index contributed by atoms with van der Waals surface area (Å²) in [6.45, 7) is 2.08. The summed E-state index contributed by atoms with van der Waals surface area (Å²) in [5.41, 5.74) is 1.32. The van der Waals surface area contributed by atoms with Gasteiger partial charge in [0, 0.05) is 0 Å². The molecule has 0 bridgehead atoms. The predicted molar refractivity (Wildman–Crippen MR) is 67.8 cm³/mol. The molecule has 0 atom stereocenters. The molecule has 0 aliphatic heterocycles. The molecule has 2 heteroatoms. The second kappa shape index (κ2) is 8.33. The van der Waals surface area contributed by atoms with Crippen LogP contribution in [0.3, 0.4) is 0 Å². The van der Waals surface area contributed by atoms with Crippen LogP contribution in [0.25, 0.3) is 0 Å². The molecule has 0 aliphatic rings. The van der Waals surface area contributed by atoms with Gasteiger partial charge in [-0.3, -0.25) is 0 Å². The Morgan fingerprint density at radius 3 is 1.33 bits per heavy atom. The zero-order valence-electron chi connectivity index (χ0n) is 8.22. The fraction of sp³-hybridized carbons (Fsp3) is 0.0769. The minimum absolute atomic E-state index is 0. The van der Waals surface area contributed by atoms with E-state index in [4.69, 9.17) is 5.11 Å². The van der Waals surface area contributed by atoms with Crippen LogP contribution in [0.2, 0.25) is 0 Å². The van der Waals surface area contributed by atoms with Gasteiger partial charge in [-0.15, -0.1) is 0 Å². The van der Waals surface area contributed by atoms with E-state index in [1.54, 1.807) is 24.3 Å². The zero-order valence-corrected chi connectivity index (χ0v) is 8.22. The van der Waals surface area contributed by atoms with Gasteiger partial charge in [-0.25, -0.2) is 0 Å². The van der Waals surface area contributed by atoms with Crippen molar-refractivity contribution in [3.8, 4) is 5.75 Å². The lowest BCUT2D eigenvalue weighted by molar-refractivity contribution is 0.475. The minimum Gasteiger partial charge on any atom is -0.508 e. The van der Waals surface area contributed by atoms with E-state index in [0.717, 1.165) is 0 Å². The molecule has 0 unspecified atom stereocenters. The monoisotopic (exact) mass is 212 g/mol. The van der Waals surface area contributed by atoms with Crippen LogP contribution in [0.15, 0.2) is 60.7 Å². The van der Waals surface area contributed by atoms with Crippen molar-refractivity contribution in [2.75, 3.05) is 0 Å². The highest BCUT2D eigenvalue weighted by Gasteiger charge is 1.74. The smallest absolute Gasteiger partial charge is 0.316 e. The number of hydrogen-bond acceptors (Lipinski definition) is 1. The van der Waals surface area contributed by atoms with Gasteiger partial charge in [0.1, 0.15) is 5.75 Å². The average molecular weight is 213 g/mol. The van der Waals surface area contributed by atoms with Crippen molar-refractivity contribution in [3.05, 3.63) is 66.2 Å². The number of hydrogen-bond donors (Lipinski definition) is 1. The summed E-state index contributed by atoms with van der Waals surface area (Å²) in [4.78, 5) is 0. The van der Waals surface area contributed by atoms with Crippen molar-refractivity contribution in [1.82, 2.24) is 0 Å². The molecule has 0 spiro atoms. The maximum Gasteiger partial charge on any atom is 0.316 e. The Bertz CT molecular complexity index is 308. The van der Waals surface area contributed by atoms with E-state index in [2.05, 4.69) is 19.1 Å². The third-order valence-corrected chi connectivity index (χ3v) is 1.70. The van der Waals surface area contributed by atoms with Crippen molar-refractivity contribution >= 4 is 23.1 Å². The Kier molecular flexibility index (Phi) is 7.77. The largest absolute Gasteiger partial charge is 0.508 e. The third-order valence-electron chi connectivity index (χ3n) is 1.70. The van der Waals surface area contributed by atoms with E-state index in [0.29, 0.717) is 5.75 Å². The summed E-state index contributed by atoms with van der Waals surface area (Å²) in [5.74, 6) is 0.322. The van der Waals surface area contributed by atoms with Crippen LogP contribution in [0, 0.1) is 6.92 Å². The first-order chi connectivity index (χ1) is 6.79. The van der Waals surface area contributed by atoms with Gasteiger partial charge in [-0.05, 0) is 19.1 Å². The van der Waals surface area contributed by atoms with Crippen LogP contribution in [0.4, 0.5) is 0 Å². The standard InChI is InChI=1S/C7H8.C6H6O.Mg.2H/c1-7-5-3-2-4-6-7;7-6-4-2-1-3-5-6;;;/h2-6H,1H3;1-5,7H;;;. The van der Waals surface area contributed by atoms with Crippen LogP contribution in [-0.4, -0.2) is 28.2 Å².